The van der Waals surface area contributed by atoms with Crippen LogP contribution in [0.3, 0.4) is 0 Å². The lowest BCUT2D eigenvalue weighted by Gasteiger charge is -2.32. The first kappa shape index (κ1) is 29.1. The van der Waals surface area contributed by atoms with Crippen LogP contribution in [0, 0.1) is 5.92 Å². The topological polar surface area (TPSA) is 67.9 Å². The average molecular weight is 537 g/mol. The predicted octanol–water partition coefficient (Wildman–Crippen LogP) is 5.70. The minimum absolute atomic E-state index is 0.125. The van der Waals surface area contributed by atoms with Crippen LogP contribution in [0.5, 0.6) is 11.5 Å². The molecule has 0 aliphatic rings. The number of carbonyl (C=O) groups excluding carboxylic acids is 2. The lowest BCUT2D eigenvalue weighted by Crippen LogP contribution is -2.51. The third-order valence-electron chi connectivity index (χ3n) is 6.33. The SMILES string of the molecule is COc1ccc(CCC(=O)N(Cc2ccccc2Cl)C(Cc2ccccc2)C(=O)NCC(C)C)cc1OC. The van der Waals surface area contributed by atoms with Crippen LogP contribution in [-0.2, 0) is 29.0 Å². The summed E-state index contributed by atoms with van der Waals surface area (Å²) in [5.74, 6) is 1.23. The van der Waals surface area contributed by atoms with E-state index in [1.54, 1.807) is 25.2 Å². The summed E-state index contributed by atoms with van der Waals surface area (Å²) < 4.78 is 10.7. The molecule has 0 aromatic heterocycles. The minimum atomic E-state index is -0.690. The summed E-state index contributed by atoms with van der Waals surface area (Å²) in [6, 6.07) is 22.1. The molecule has 0 heterocycles. The van der Waals surface area contributed by atoms with E-state index in [2.05, 4.69) is 5.32 Å². The van der Waals surface area contributed by atoms with Crippen LogP contribution < -0.4 is 14.8 Å². The van der Waals surface area contributed by atoms with Gasteiger partial charge in [-0.15, -0.1) is 0 Å². The number of amides is 2. The van der Waals surface area contributed by atoms with E-state index in [0.717, 1.165) is 16.7 Å². The summed E-state index contributed by atoms with van der Waals surface area (Å²) in [6.45, 7) is 4.85. The maximum Gasteiger partial charge on any atom is 0.243 e. The Labute approximate surface area is 230 Å². The molecule has 202 valence electrons. The van der Waals surface area contributed by atoms with Crippen molar-refractivity contribution in [3.8, 4) is 11.5 Å². The van der Waals surface area contributed by atoms with Crippen LogP contribution in [0.25, 0.3) is 0 Å². The highest BCUT2D eigenvalue weighted by Crippen LogP contribution is 2.28. The van der Waals surface area contributed by atoms with Gasteiger partial charge in [0.25, 0.3) is 0 Å². The maximum atomic E-state index is 13.8. The normalized spacial score (nSPS) is 11.6. The predicted molar refractivity (Wildman–Crippen MR) is 152 cm³/mol. The monoisotopic (exact) mass is 536 g/mol. The minimum Gasteiger partial charge on any atom is -0.493 e. The fourth-order valence-electron chi connectivity index (χ4n) is 4.22. The number of halogens is 1. The number of carbonyl (C=O) groups is 2. The highest BCUT2D eigenvalue weighted by Gasteiger charge is 2.30. The summed E-state index contributed by atoms with van der Waals surface area (Å²) in [5.41, 5.74) is 2.72. The standard InChI is InChI=1S/C31H37ClN2O4/c1-22(2)20-33-31(36)27(18-23-10-6-5-7-11-23)34(21-25-12-8-9-13-26(25)32)30(35)17-15-24-14-16-28(37-3)29(19-24)38-4/h5-14,16,19,22,27H,15,17-18,20-21H2,1-4H3,(H,33,36). The third kappa shape index (κ3) is 8.25. The summed E-state index contributed by atoms with van der Waals surface area (Å²) in [7, 11) is 3.17. The van der Waals surface area contributed by atoms with Crippen molar-refractivity contribution in [3.05, 3.63) is 94.5 Å². The first-order valence-corrected chi connectivity index (χ1v) is 13.3. The molecule has 2 amide bonds. The Bertz CT molecular complexity index is 1200. The van der Waals surface area contributed by atoms with Gasteiger partial charge in [-0.05, 0) is 47.2 Å². The van der Waals surface area contributed by atoms with E-state index in [4.69, 9.17) is 21.1 Å². The zero-order chi connectivity index (χ0) is 27.5. The molecule has 6 nitrogen and oxygen atoms in total. The first-order chi connectivity index (χ1) is 18.3. The molecule has 0 saturated heterocycles. The highest BCUT2D eigenvalue weighted by molar-refractivity contribution is 6.31. The van der Waals surface area contributed by atoms with Gasteiger partial charge in [0, 0.05) is 31.0 Å². The Morgan fingerprint density at radius 2 is 1.58 bits per heavy atom. The van der Waals surface area contributed by atoms with Crippen LogP contribution in [0.1, 0.15) is 37.0 Å². The molecule has 3 aromatic rings. The number of aryl methyl sites for hydroxylation is 1. The van der Waals surface area contributed by atoms with Gasteiger partial charge in [-0.2, -0.15) is 0 Å². The van der Waals surface area contributed by atoms with E-state index in [1.165, 1.54) is 0 Å². The Morgan fingerprint density at radius 3 is 2.24 bits per heavy atom. The first-order valence-electron chi connectivity index (χ1n) is 12.9. The molecular weight excluding hydrogens is 500 g/mol. The molecule has 1 unspecified atom stereocenters. The van der Waals surface area contributed by atoms with E-state index in [9.17, 15) is 9.59 Å². The Morgan fingerprint density at radius 1 is 0.895 bits per heavy atom. The summed E-state index contributed by atoms with van der Waals surface area (Å²) >= 11 is 6.49. The Balaban J connectivity index is 1.91. The smallest absolute Gasteiger partial charge is 0.243 e. The van der Waals surface area contributed by atoms with Crippen LogP contribution in [0.4, 0.5) is 0 Å². The highest BCUT2D eigenvalue weighted by atomic mass is 35.5. The zero-order valence-corrected chi connectivity index (χ0v) is 23.3. The second-order valence-electron chi connectivity index (χ2n) is 9.65. The van der Waals surface area contributed by atoms with Gasteiger partial charge in [0.05, 0.1) is 14.2 Å². The number of nitrogens with zero attached hydrogens (tertiary/aromatic N) is 1. The van der Waals surface area contributed by atoms with E-state index in [1.807, 2.05) is 80.6 Å². The number of ether oxygens (including phenoxy) is 2. The van der Waals surface area contributed by atoms with Crippen molar-refractivity contribution in [2.45, 2.75) is 45.7 Å². The second kappa shape index (κ2) is 14.4. The van der Waals surface area contributed by atoms with E-state index >= 15 is 0 Å². The average Bonchev–Trinajstić information content (AvgIpc) is 2.93. The summed E-state index contributed by atoms with van der Waals surface area (Å²) in [6.07, 6.45) is 1.11. The number of benzene rings is 3. The van der Waals surface area contributed by atoms with Crippen molar-refractivity contribution in [2.24, 2.45) is 5.92 Å². The molecule has 1 atom stereocenters. The third-order valence-corrected chi connectivity index (χ3v) is 6.70. The van der Waals surface area contributed by atoms with Crippen LogP contribution >= 0.6 is 11.6 Å². The van der Waals surface area contributed by atoms with Gasteiger partial charge >= 0.3 is 0 Å². The number of nitrogens with one attached hydrogen (secondary N) is 1. The molecule has 3 rings (SSSR count). The number of rotatable bonds is 13. The zero-order valence-electron chi connectivity index (χ0n) is 22.6. The second-order valence-corrected chi connectivity index (χ2v) is 10.1. The van der Waals surface area contributed by atoms with Crippen molar-refractivity contribution in [3.63, 3.8) is 0 Å². The number of hydrogen-bond donors (Lipinski definition) is 1. The van der Waals surface area contributed by atoms with Gasteiger partial charge < -0.3 is 19.7 Å². The maximum absolute atomic E-state index is 13.8. The van der Waals surface area contributed by atoms with Crippen LogP contribution in [0.15, 0.2) is 72.8 Å². The fraction of sp³-hybridized carbons (Fsp3) is 0.355. The van der Waals surface area contributed by atoms with Gasteiger partial charge in [-0.3, -0.25) is 9.59 Å². The Hall–Kier alpha value is -3.51. The lowest BCUT2D eigenvalue weighted by atomic mass is 10.0. The van der Waals surface area contributed by atoms with Gasteiger partial charge in [0.2, 0.25) is 11.8 Å². The van der Waals surface area contributed by atoms with Gasteiger partial charge in [-0.25, -0.2) is 0 Å². The van der Waals surface area contributed by atoms with Gasteiger partial charge in [0.1, 0.15) is 6.04 Å². The summed E-state index contributed by atoms with van der Waals surface area (Å²) in [5, 5.41) is 3.60. The molecule has 0 fully saturated rings. The fourth-order valence-corrected chi connectivity index (χ4v) is 4.41. The van der Waals surface area contributed by atoms with Crippen LogP contribution in [-0.4, -0.2) is 43.5 Å². The molecule has 0 saturated carbocycles. The van der Waals surface area contributed by atoms with Crippen molar-refractivity contribution in [1.29, 1.82) is 0 Å². The van der Waals surface area contributed by atoms with Gasteiger partial charge in [0.15, 0.2) is 11.5 Å². The van der Waals surface area contributed by atoms with Crippen molar-refractivity contribution >= 4 is 23.4 Å². The summed E-state index contributed by atoms with van der Waals surface area (Å²) in [4.78, 5) is 29.0. The van der Waals surface area contributed by atoms with E-state index in [-0.39, 0.29) is 30.7 Å². The largest absolute Gasteiger partial charge is 0.493 e. The molecule has 0 bridgehead atoms. The van der Waals surface area contributed by atoms with Crippen LogP contribution in [0.2, 0.25) is 5.02 Å². The van der Waals surface area contributed by atoms with Crippen molar-refractivity contribution in [2.75, 3.05) is 20.8 Å². The molecule has 0 aliphatic heterocycles. The molecule has 3 aromatic carbocycles. The molecule has 38 heavy (non-hydrogen) atoms. The molecule has 0 radical (unpaired) electrons. The van der Waals surface area contributed by atoms with Crippen molar-refractivity contribution in [1.82, 2.24) is 10.2 Å². The number of methoxy groups -OCH3 is 2. The molecule has 7 heteroatoms. The lowest BCUT2D eigenvalue weighted by molar-refractivity contribution is -0.141. The van der Waals surface area contributed by atoms with Crippen molar-refractivity contribution < 1.29 is 19.1 Å². The molecule has 1 N–H and O–H groups in total. The molecule has 0 aliphatic carbocycles. The van der Waals surface area contributed by atoms with E-state index in [0.29, 0.717) is 35.9 Å². The molecule has 0 spiro atoms. The number of hydrogen-bond acceptors (Lipinski definition) is 4. The quantitative estimate of drug-likeness (QED) is 0.304. The Kier molecular flexibility index (Phi) is 11.0. The molecular formula is C31H37ClN2O4. The van der Waals surface area contributed by atoms with Gasteiger partial charge in [-0.1, -0.05) is 80.0 Å². The van der Waals surface area contributed by atoms with E-state index < -0.39 is 6.04 Å².